The number of fused-ring (bicyclic) bond motifs is 1. The van der Waals surface area contributed by atoms with Gasteiger partial charge in [0.2, 0.25) is 0 Å². The number of carboxylic acids is 1. The first-order valence-electron chi connectivity index (χ1n) is 9.68. The first-order valence-corrected chi connectivity index (χ1v) is 9.68. The van der Waals surface area contributed by atoms with E-state index in [-0.39, 0.29) is 17.5 Å². The molecule has 2 aromatic rings. The number of imidazole rings is 1. The molecule has 11 heteroatoms. The van der Waals surface area contributed by atoms with E-state index in [0.717, 1.165) is 52.0 Å². The summed E-state index contributed by atoms with van der Waals surface area (Å²) >= 11 is 0. The summed E-state index contributed by atoms with van der Waals surface area (Å²) in [4.78, 5) is 26.5. The van der Waals surface area contributed by atoms with Crippen molar-refractivity contribution in [2.75, 3.05) is 26.3 Å². The van der Waals surface area contributed by atoms with Gasteiger partial charge in [-0.15, -0.1) is 0 Å². The number of aromatic nitrogens is 2. The van der Waals surface area contributed by atoms with Crippen LogP contribution in [0.25, 0.3) is 11.0 Å². The molecule has 0 spiro atoms. The molecule has 2 saturated heterocycles. The number of nitrogens with one attached hydrogen (secondary N) is 1. The maximum Gasteiger partial charge on any atom is 0.490 e. The first kappa shape index (κ1) is 22.3. The van der Waals surface area contributed by atoms with Crippen molar-refractivity contribution in [3.8, 4) is 0 Å². The Morgan fingerprint density at radius 3 is 2.27 bits per heavy atom. The zero-order valence-corrected chi connectivity index (χ0v) is 16.1. The van der Waals surface area contributed by atoms with Crippen LogP contribution in [0.4, 0.5) is 17.6 Å². The molecule has 1 aromatic heterocycles. The quantitative estimate of drug-likeness (QED) is 0.712. The minimum absolute atomic E-state index is 0.130. The van der Waals surface area contributed by atoms with Crippen LogP contribution in [0, 0.1) is 5.82 Å². The second-order valence-electron chi connectivity index (χ2n) is 7.38. The summed E-state index contributed by atoms with van der Waals surface area (Å²) in [5.41, 5.74) is 1.26. The Balaban J connectivity index is 0.000000318. The Kier molecular flexibility index (Phi) is 6.81. The Morgan fingerprint density at radius 1 is 1.10 bits per heavy atom. The normalized spacial score (nSPS) is 19.5. The van der Waals surface area contributed by atoms with E-state index in [0.29, 0.717) is 17.1 Å². The summed E-state index contributed by atoms with van der Waals surface area (Å²) in [5, 5.41) is 7.12. The minimum Gasteiger partial charge on any atom is -0.475 e. The van der Waals surface area contributed by atoms with Crippen LogP contribution in [0.2, 0.25) is 0 Å². The number of rotatable bonds is 2. The number of carbonyl (C=O) groups is 1. The lowest BCUT2D eigenvalue weighted by molar-refractivity contribution is -0.192. The van der Waals surface area contributed by atoms with Gasteiger partial charge < -0.3 is 19.7 Å². The number of ether oxygens (including phenoxy) is 1. The Bertz CT molecular complexity index is 926. The third-order valence-corrected chi connectivity index (χ3v) is 5.49. The minimum atomic E-state index is -5.08. The van der Waals surface area contributed by atoms with Gasteiger partial charge in [0.1, 0.15) is 5.82 Å². The molecule has 0 saturated carbocycles. The number of benzene rings is 1. The van der Waals surface area contributed by atoms with Gasteiger partial charge in [0.05, 0.1) is 11.0 Å². The lowest BCUT2D eigenvalue weighted by atomic mass is 9.99. The number of aromatic amines is 1. The predicted octanol–water partition coefficient (Wildman–Crippen LogP) is 2.92. The van der Waals surface area contributed by atoms with Crippen molar-refractivity contribution in [2.24, 2.45) is 0 Å². The molecule has 0 bridgehead atoms. The monoisotopic (exact) mass is 433 g/mol. The van der Waals surface area contributed by atoms with Crippen LogP contribution in [0.15, 0.2) is 23.0 Å². The van der Waals surface area contributed by atoms with Crippen LogP contribution in [-0.4, -0.2) is 64.0 Å². The third-order valence-electron chi connectivity index (χ3n) is 5.49. The van der Waals surface area contributed by atoms with Crippen LogP contribution in [0.1, 0.15) is 31.7 Å². The van der Waals surface area contributed by atoms with Crippen molar-refractivity contribution in [3.63, 3.8) is 0 Å². The number of aliphatic carboxylic acids is 1. The van der Waals surface area contributed by atoms with Gasteiger partial charge in [-0.3, -0.25) is 4.57 Å². The van der Waals surface area contributed by atoms with Gasteiger partial charge in [0.15, 0.2) is 0 Å². The molecule has 1 aromatic carbocycles. The first-order chi connectivity index (χ1) is 14.2. The van der Waals surface area contributed by atoms with E-state index in [4.69, 9.17) is 14.6 Å². The summed E-state index contributed by atoms with van der Waals surface area (Å²) in [6, 6.07) is 5.24. The molecule has 166 valence electrons. The van der Waals surface area contributed by atoms with Gasteiger partial charge in [-0.05, 0) is 43.9 Å². The molecule has 0 aliphatic carbocycles. The Hall–Kier alpha value is -2.40. The smallest absolute Gasteiger partial charge is 0.475 e. The fourth-order valence-electron chi connectivity index (χ4n) is 4.02. The predicted molar refractivity (Wildman–Crippen MR) is 99.9 cm³/mol. The van der Waals surface area contributed by atoms with Crippen LogP contribution in [0.5, 0.6) is 0 Å². The van der Waals surface area contributed by atoms with Gasteiger partial charge in [0, 0.05) is 38.4 Å². The summed E-state index contributed by atoms with van der Waals surface area (Å²) in [6.45, 7) is 3.69. The van der Waals surface area contributed by atoms with E-state index in [9.17, 15) is 22.4 Å². The Labute approximate surface area is 169 Å². The zero-order valence-electron chi connectivity index (χ0n) is 16.1. The second-order valence-corrected chi connectivity index (χ2v) is 7.38. The van der Waals surface area contributed by atoms with Crippen LogP contribution < -0.4 is 5.69 Å². The van der Waals surface area contributed by atoms with Crippen LogP contribution in [0.3, 0.4) is 0 Å². The van der Waals surface area contributed by atoms with Crippen LogP contribution >= 0.6 is 0 Å². The lowest BCUT2D eigenvalue weighted by Gasteiger charge is -2.39. The summed E-state index contributed by atoms with van der Waals surface area (Å²) in [7, 11) is 0. The van der Waals surface area contributed by atoms with Crippen molar-refractivity contribution >= 4 is 17.0 Å². The van der Waals surface area contributed by atoms with Gasteiger partial charge >= 0.3 is 17.8 Å². The van der Waals surface area contributed by atoms with Gasteiger partial charge in [-0.2, -0.15) is 13.2 Å². The molecule has 2 fully saturated rings. The van der Waals surface area contributed by atoms with Crippen LogP contribution in [-0.2, 0) is 9.53 Å². The molecule has 0 radical (unpaired) electrons. The molecule has 0 amide bonds. The highest BCUT2D eigenvalue weighted by molar-refractivity contribution is 5.75. The molecule has 0 unspecified atom stereocenters. The average Bonchev–Trinajstić information content (AvgIpc) is 3.03. The summed E-state index contributed by atoms with van der Waals surface area (Å²) in [6.07, 6.45) is -1.02. The molecule has 2 N–H and O–H groups in total. The number of likely N-dealkylation sites (tertiary alicyclic amines) is 1. The van der Waals surface area contributed by atoms with Crippen molar-refractivity contribution in [1.29, 1.82) is 0 Å². The standard InChI is InChI=1S/C17H22FN3O2.C2HF3O2/c18-12-1-2-15-16(11-12)21(17(22)19-15)14-3-7-20(8-4-14)13-5-9-23-10-6-13;3-2(4,5)1(6)7/h1-2,11,13-14H,3-10H2,(H,19,22);(H,6,7). The van der Waals surface area contributed by atoms with E-state index >= 15 is 0 Å². The fraction of sp³-hybridized carbons (Fsp3) is 0.579. The second kappa shape index (κ2) is 9.17. The molecule has 2 aliphatic heterocycles. The number of alkyl halides is 3. The highest BCUT2D eigenvalue weighted by Gasteiger charge is 2.38. The van der Waals surface area contributed by atoms with E-state index in [2.05, 4.69) is 9.88 Å². The van der Waals surface area contributed by atoms with Gasteiger partial charge in [-0.25, -0.2) is 14.0 Å². The lowest BCUT2D eigenvalue weighted by Crippen LogP contribution is -2.45. The van der Waals surface area contributed by atoms with E-state index < -0.39 is 12.1 Å². The van der Waals surface area contributed by atoms with Crippen molar-refractivity contribution in [3.05, 3.63) is 34.5 Å². The number of piperidine rings is 1. The molecule has 4 rings (SSSR count). The number of H-pyrrole nitrogens is 1. The summed E-state index contributed by atoms with van der Waals surface area (Å²) in [5.74, 6) is -3.06. The molecular formula is C19H23F4N3O4. The van der Waals surface area contributed by atoms with E-state index in [1.165, 1.54) is 12.1 Å². The van der Waals surface area contributed by atoms with E-state index in [1.54, 1.807) is 10.6 Å². The molecular weight excluding hydrogens is 410 g/mol. The Morgan fingerprint density at radius 2 is 1.70 bits per heavy atom. The topological polar surface area (TPSA) is 87.6 Å². The zero-order chi connectivity index (χ0) is 21.9. The van der Waals surface area contributed by atoms with Crippen molar-refractivity contribution in [2.45, 2.75) is 43.9 Å². The molecule has 0 atom stereocenters. The molecule has 2 aliphatic rings. The van der Waals surface area contributed by atoms with Gasteiger partial charge in [0.25, 0.3) is 0 Å². The maximum atomic E-state index is 13.5. The highest BCUT2D eigenvalue weighted by Crippen LogP contribution is 2.28. The van der Waals surface area contributed by atoms with Crippen molar-refractivity contribution in [1.82, 2.24) is 14.5 Å². The average molecular weight is 433 g/mol. The summed E-state index contributed by atoms with van der Waals surface area (Å²) < 4.78 is 52.5. The number of nitrogens with zero attached hydrogens (tertiary/aromatic N) is 2. The highest BCUT2D eigenvalue weighted by atomic mass is 19.4. The molecule has 3 heterocycles. The van der Waals surface area contributed by atoms with E-state index in [1.807, 2.05) is 0 Å². The number of hydrogen-bond acceptors (Lipinski definition) is 4. The van der Waals surface area contributed by atoms with Crippen molar-refractivity contribution < 1.29 is 32.2 Å². The SMILES string of the molecule is O=C(O)C(F)(F)F.O=c1[nH]c2ccc(F)cc2n1C1CCN(C2CCOCC2)CC1. The number of hydrogen-bond donors (Lipinski definition) is 2. The van der Waals surface area contributed by atoms with Gasteiger partial charge in [-0.1, -0.05) is 0 Å². The molecule has 30 heavy (non-hydrogen) atoms. The fourth-order valence-corrected chi connectivity index (χ4v) is 4.02. The largest absolute Gasteiger partial charge is 0.490 e. The third kappa shape index (κ3) is 5.20. The number of carboxylic acid groups (broad SMARTS) is 1. The molecule has 7 nitrogen and oxygen atoms in total. The number of halogens is 4. The maximum absolute atomic E-state index is 13.5.